The molecule has 0 fully saturated rings. The van der Waals surface area contributed by atoms with Gasteiger partial charge in [0.2, 0.25) is 6.79 Å². The first-order chi connectivity index (χ1) is 14.7. The van der Waals surface area contributed by atoms with E-state index in [0.29, 0.717) is 17.1 Å². The number of ketones is 1. The maximum atomic E-state index is 13.9. The number of carbonyl (C=O) groups is 1. The Morgan fingerprint density at radius 1 is 0.900 bits per heavy atom. The quantitative estimate of drug-likeness (QED) is 0.617. The summed E-state index contributed by atoms with van der Waals surface area (Å²) in [7, 11) is 0. The van der Waals surface area contributed by atoms with Crippen LogP contribution in [-0.2, 0) is 12.8 Å². The van der Waals surface area contributed by atoms with Gasteiger partial charge in [0.05, 0.1) is 0 Å². The van der Waals surface area contributed by atoms with E-state index >= 15 is 0 Å². The summed E-state index contributed by atoms with van der Waals surface area (Å²) >= 11 is 0. The zero-order valence-electron chi connectivity index (χ0n) is 16.3. The molecule has 1 aliphatic heterocycles. The van der Waals surface area contributed by atoms with Crippen LogP contribution in [0.3, 0.4) is 0 Å². The van der Waals surface area contributed by atoms with Gasteiger partial charge in [-0.05, 0) is 82.3 Å². The maximum absolute atomic E-state index is 13.9. The minimum absolute atomic E-state index is 0.0961. The number of rotatable bonds is 2. The van der Waals surface area contributed by atoms with Gasteiger partial charge in [-0.15, -0.1) is 0 Å². The molecule has 0 bridgehead atoms. The molecular weight excluding hydrogens is 379 g/mol. The number of fused-ring (bicyclic) bond motifs is 6. The molecule has 148 valence electrons. The predicted molar refractivity (Wildman–Crippen MR) is 112 cm³/mol. The standard InChI is InChI=1S/C26H19FO3/c27-19-7-3-16-5-8-20-21(23(16)13-19)9-4-15-1-2-17(11-22(15)20)26(28)18-6-10-24-25(12-18)30-14-29-24/h3-4,6-13,17H,1-2,5,14H2. The number of Topliss-reactive ketones (excluding diaryl/α,β-unsaturated/α-hetero) is 1. The Morgan fingerprint density at radius 2 is 1.77 bits per heavy atom. The molecule has 0 radical (unpaired) electrons. The van der Waals surface area contributed by atoms with Crippen molar-refractivity contribution in [3.8, 4) is 22.6 Å². The fourth-order valence-corrected chi connectivity index (χ4v) is 4.81. The SMILES string of the molecule is O=C(c1ccc2c(c1)OCO2)C1C=c2c(ccc3c2=CCc2ccc(F)cc2-3)CC1. The Kier molecular flexibility index (Phi) is 3.82. The third-order valence-electron chi connectivity index (χ3n) is 6.35. The van der Waals surface area contributed by atoms with E-state index in [4.69, 9.17) is 9.47 Å². The van der Waals surface area contributed by atoms with E-state index in [1.54, 1.807) is 18.2 Å². The Labute approximate surface area is 173 Å². The molecule has 3 nitrogen and oxygen atoms in total. The Balaban J connectivity index is 1.44. The normalized spacial score (nSPS) is 17.8. The summed E-state index contributed by atoms with van der Waals surface area (Å²) in [6.07, 6.45) is 6.71. The molecule has 0 N–H and O–H groups in total. The van der Waals surface area contributed by atoms with E-state index in [1.807, 2.05) is 12.1 Å². The molecule has 1 unspecified atom stereocenters. The highest BCUT2D eigenvalue weighted by Gasteiger charge is 2.25. The fourth-order valence-electron chi connectivity index (χ4n) is 4.81. The first-order valence-electron chi connectivity index (χ1n) is 10.2. The summed E-state index contributed by atoms with van der Waals surface area (Å²) < 4.78 is 24.7. The van der Waals surface area contributed by atoms with Crippen LogP contribution in [-0.4, -0.2) is 12.6 Å². The van der Waals surface area contributed by atoms with E-state index in [-0.39, 0.29) is 24.3 Å². The van der Waals surface area contributed by atoms with Crippen molar-refractivity contribution in [1.82, 2.24) is 0 Å². The van der Waals surface area contributed by atoms with Crippen molar-refractivity contribution >= 4 is 17.9 Å². The molecule has 0 saturated heterocycles. The topological polar surface area (TPSA) is 35.5 Å². The van der Waals surface area contributed by atoms with Crippen molar-refractivity contribution in [2.24, 2.45) is 5.92 Å². The van der Waals surface area contributed by atoms with Crippen molar-refractivity contribution in [2.75, 3.05) is 6.79 Å². The van der Waals surface area contributed by atoms with Crippen molar-refractivity contribution in [3.63, 3.8) is 0 Å². The molecule has 0 amide bonds. The lowest BCUT2D eigenvalue weighted by atomic mass is 9.82. The Bertz CT molecular complexity index is 1340. The molecule has 3 aromatic carbocycles. The maximum Gasteiger partial charge on any atom is 0.231 e. The minimum atomic E-state index is -0.223. The van der Waals surface area contributed by atoms with E-state index in [9.17, 15) is 9.18 Å². The average Bonchev–Trinajstić information content (AvgIpc) is 3.25. The molecule has 0 saturated carbocycles. The summed E-state index contributed by atoms with van der Waals surface area (Å²) in [6, 6.07) is 14.6. The average molecular weight is 398 g/mol. The molecular formula is C26H19FO3. The first kappa shape index (κ1) is 17.5. The molecule has 0 aromatic heterocycles. The van der Waals surface area contributed by atoms with E-state index in [2.05, 4.69) is 24.3 Å². The van der Waals surface area contributed by atoms with Gasteiger partial charge in [-0.2, -0.15) is 0 Å². The van der Waals surface area contributed by atoms with Crippen molar-refractivity contribution < 1.29 is 18.7 Å². The monoisotopic (exact) mass is 398 g/mol. The van der Waals surface area contributed by atoms with Crippen LogP contribution in [0.15, 0.2) is 48.5 Å². The van der Waals surface area contributed by atoms with Crippen molar-refractivity contribution in [2.45, 2.75) is 19.3 Å². The van der Waals surface area contributed by atoms with Crippen LogP contribution in [0.2, 0.25) is 0 Å². The second-order valence-electron chi connectivity index (χ2n) is 8.05. The van der Waals surface area contributed by atoms with Gasteiger partial charge in [0.15, 0.2) is 17.3 Å². The molecule has 6 rings (SSSR count). The van der Waals surface area contributed by atoms with Crippen LogP contribution in [0.25, 0.3) is 23.3 Å². The molecule has 1 atom stereocenters. The number of hydrogen-bond acceptors (Lipinski definition) is 3. The van der Waals surface area contributed by atoms with Crippen LogP contribution in [0, 0.1) is 11.7 Å². The molecule has 0 spiro atoms. The number of ether oxygens (including phenoxy) is 2. The highest BCUT2D eigenvalue weighted by Crippen LogP contribution is 2.34. The van der Waals surface area contributed by atoms with Gasteiger partial charge >= 0.3 is 0 Å². The minimum Gasteiger partial charge on any atom is -0.454 e. The van der Waals surface area contributed by atoms with Crippen LogP contribution in [0.5, 0.6) is 11.5 Å². The molecule has 30 heavy (non-hydrogen) atoms. The second-order valence-corrected chi connectivity index (χ2v) is 8.05. The van der Waals surface area contributed by atoms with Crippen LogP contribution in [0.4, 0.5) is 4.39 Å². The van der Waals surface area contributed by atoms with E-state index < -0.39 is 0 Å². The lowest BCUT2D eigenvalue weighted by Gasteiger charge is -2.21. The van der Waals surface area contributed by atoms with Gasteiger partial charge < -0.3 is 9.47 Å². The van der Waals surface area contributed by atoms with Crippen molar-refractivity contribution in [3.05, 3.63) is 81.5 Å². The van der Waals surface area contributed by atoms with Crippen LogP contribution < -0.4 is 19.9 Å². The molecule has 3 aromatic rings. The lowest BCUT2D eigenvalue weighted by Crippen LogP contribution is -2.37. The summed E-state index contributed by atoms with van der Waals surface area (Å²) in [6.45, 7) is 0.194. The molecule has 2 aliphatic carbocycles. The largest absolute Gasteiger partial charge is 0.454 e. The first-order valence-corrected chi connectivity index (χ1v) is 10.2. The Morgan fingerprint density at radius 3 is 2.70 bits per heavy atom. The highest BCUT2D eigenvalue weighted by molar-refractivity contribution is 6.01. The van der Waals surface area contributed by atoms with Crippen molar-refractivity contribution in [1.29, 1.82) is 0 Å². The van der Waals surface area contributed by atoms with Gasteiger partial charge in [-0.3, -0.25) is 4.79 Å². The summed E-state index contributed by atoms with van der Waals surface area (Å²) in [5, 5.41) is 2.24. The fraction of sp³-hybridized carbons (Fsp3) is 0.192. The van der Waals surface area contributed by atoms with Crippen LogP contribution >= 0.6 is 0 Å². The molecule has 1 heterocycles. The zero-order valence-corrected chi connectivity index (χ0v) is 16.3. The Hall–Kier alpha value is -3.40. The zero-order chi connectivity index (χ0) is 20.2. The lowest BCUT2D eigenvalue weighted by molar-refractivity contribution is 0.0946. The number of aryl methyl sites for hydroxylation is 1. The van der Waals surface area contributed by atoms with Gasteiger partial charge in [0, 0.05) is 11.5 Å². The number of benzene rings is 3. The van der Waals surface area contributed by atoms with Gasteiger partial charge in [0.25, 0.3) is 0 Å². The number of carbonyl (C=O) groups excluding carboxylic acids is 1. The third kappa shape index (κ3) is 2.67. The van der Waals surface area contributed by atoms with E-state index in [1.165, 1.54) is 11.6 Å². The smallest absolute Gasteiger partial charge is 0.231 e. The van der Waals surface area contributed by atoms with Gasteiger partial charge in [0.1, 0.15) is 5.82 Å². The number of hydrogen-bond donors (Lipinski definition) is 0. The summed E-state index contributed by atoms with van der Waals surface area (Å²) in [4.78, 5) is 13.2. The third-order valence-corrected chi connectivity index (χ3v) is 6.35. The summed E-state index contributed by atoms with van der Waals surface area (Å²) in [5.41, 5.74) is 5.02. The summed E-state index contributed by atoms with van der Waals surface area (Å²) in [5.74, 6) is 0.991. The van der Waals surface area contributed by atoms with Gasteiger partial charge in [-0.1, -0.05) is 30.4 Å². The number of halogens is 1. The molecule has 3 aliphatic rings. The predicted octanol–water partition coefficient (Wildman–Crippen LogP) is 3.78. The van der Waals surface area contributed by atoms with Crippen LogP contribution in [0.1, 0.15) is 27.9 Å². The van der Waals surface area contributed by atoms with E-state index in [0.717, 1.165) is 46.4 Å². The second kappa shape index (κ2) is 6.56. The highest BCUT2D eigenvalue weighted by atomic mass is 19.1. The van der Waals surface area contributed by atoms with Gasteiger partial charge in [-0.25, -0.2) is 4.39 Å². The molecule has 4 heteroatoms.